The molecule has 24 heavy (non-hydrogen) atoms. The molecule has 0 spiro atoms. The van der Waals surface area contributed by atoms with E-state index >= 15 is 0 Å². The number of nitrogens with zero attached hydrogens (tertiary/aromatic N) is 3. The first-order valence-corrected chi connectivity index (χ1v) is 8.69. The van der Waals surface area contributed by atoms with Crippen LogP contribution in [0.15, 0.2) is 24.3 Å². The highest BCUT2D eigenvalue weighted by Gasteiger charge is 2.27. The molecule has 0 fully saturated rings. The zero-order chi connectivity index (χ0) is 17.1. The molecule has 0 unspecified atom stereocenters. The normalized spacial score (nSPS) is 13.6. The standard InChI is InChI=1S/C19H26N4O/c1-14-8-10-15(11-9-14)23-17-7-5-4-6-16(17)18(21-23)19(24)22(3)13-12-20-2/h8-11,20H,4-7,12-13H2,1-3H3. The zero-order valence-electron chi connectivity index (χ0n) is 14.8. The molecule has 0 saturated carbocycles. The van der Waals surface area contributed by atoms with Gasteiger partial charge in [0, 0.05) is 31.4 Å². The van der Waals surface area contributed by atoms with Gasteiger partial charge in [0.25, 0.3) is 5.91 Å². The number of carbonyl (C=O) groups is 1. The first kappa shape index (κ1) is 16.7. The van der Waals surface area contributed by atoms with E-state index in [9.17, 15) is 4.79 Å². The van der Waals surface area contributed by atoms with Gasteiger partial charge in [-0.2, -0.15) is 5.10 Å². The third kappa shape index (κ3) is 3.22. The van der Waals surface area contributed by atoms with Crippen molar-refractivity contribution in [2.75, 3.05) is 27.2 Å². The zero-order valence-corrected chi connectivity index (χ0v) is 14.8. The number of nitrogens with one attached hydrogen (secondary N) is 1. The van der Waals surface area contributed by atoms with Gasteiger partial charge in [-0.3, -0.25) is 4.79 Å². The lowest BCUT2D eigenvalue weighted by Gasteiger charge is -2.17. The number of aryl methyl sites for hydroxylation is 1. The van der Waals surface area contributed by atoms with E-state index < -0.39 is 0 Å². The van der Waals surface area contributed by atoms with Crippen LogP contribution in [-0.2, 0) is 12.8 Å². The van der Waals surface area contributed by atoms with E-state index in [0.717, 1.165) is 43.5 Å². The second kappa shape index (κ2) is 7.18. The fourth-order valence-corrected chi connectivity index (χ4v) is 3.23. The molecule has 1 aromatic carbocycles. The van der Waals surface area contributed by atoms with E-state index in [1.54, 1.807) is 4.90 Å². The van der Waals surface area contributed by atoms with Crippen molar-refractivity contribution in [1.82, 2.24) is 20.0 Å². The summed E-state index contributed by atoms with van der Waals surface area (Å²) in [6.45, 7) is 3.54. The Labute approximate surface area is 143 Å². The van der Waals surface area contributed by atoms with Gasteiger partial charge < -0.3 is 10.2 Å². The van der Waals surface area contributed by atoms with Gasteiger partial charge in [0.05, 0.1) is 5.69 Å². The van der Waals surface area contributed by atoms with Gasteiger partial charge in [0.15, 0.2) is 5.69 Å². The van der Waals surface area contributed by atoms with Crippen molar-refractivity contribution in [1.29, 1.82) is 0 Å². The molecule has 2 aromatic rings. The maximum atomic E-state index is 12.8. The molecule has 1 aliphatic carbocycles. The van der Waals surface area contributed by atoms with Crippen LogP contribution in [0.2, 0.25) is 0 Å². The molecular formula is C19H26N4O. The summed E-state index contributed by atoms with van der Waals surface area (Å²) in [6, 6.07) is 8.34. The molecule has 0 bridgehead atoms. The van der Waals surface area contributed by atoms with Crippen LogP contribution < -0.4 is 5.32 Å². The Morgan fingerprint density at radius 3 is 2.67 bits per heavy atom. The predicted octanol–water partition coefficient (Wildman–Crippen LogP) is 2.35. The van der Waals surface area contributed by atoms with Crippen molar-refractivity contribution in [2.45, 2.75) is 32.6 Å². The summed E-state index contributed by atoms with van der Waals surface area (Å²) >= 11 is 0. The van der Waals surface area contributed by atoms with E-state index in [2.05, 4.69) is 36.5 Å². The van der Waals surface area contributed by atoms with Gasteiger partial charge in [-0.25, -0.2) is 4.68 Å². The molecule has 1 aromatic heterocycles. The van der Waals surface area contributed by atoms with Crippen LogP contribution in [0.25, 0.3) is 5.69 Å². The van der Waals surface area contributed by atoms with Crippen LogP contribution in [0, 0.1) is 6.92 Å². The van der Waals surface area contributed by atoms with E-state index in [1.165, 1.54) is 11.3 Å². The lowest BCUT2D eigenvalue weighted by atomic mass is 9.95. The topological polar surface area (TPSA) is 50.2 Å². The second-order valence-electron chi connectivity index (χ2n) is 6.56. The molecule has 5 nitrogen and oxygen atoms in total. The Balaban J connectivity index is 1.98. The SMILES string of the molecule is CNCCN(C)C(=O)c1nn(-c2ccc(C)cc2)c2c1CCCC2. The summed E-state index contributed by atoms with van der Waals surface area (Å²) in [4.78, 5) is 14.6. The smallest absolute Gasteiger partial charge is 0.274 e. The van der Waals surface area contributed by atoms with E-state index in [4.69, 9.17) is 5.10 Å². The van der Waals surface area contributed by atoms with Crippen molar-refractivity contribution in [2.24, 2.45) is 0 Å². The van der Waals surface area contributed by atoms with E-state index in [-0.39, 0.29) is 5.91 Å². The molecule has 0 aliphatic heterocycles. The van der Waals surface area contributed by atoms with Crippen molar-refractivity contribution < 1.29 is 4.79 Å². The average Bonchev–Trinajstić information content (AvgIpc) is 2.99. The number of rotatable bonds is 5. The van der Waals surface area contributed by atoms with Gasteiger partial charge >= 0.3 is 0 Å². The maximum Gasteiger partial charge on any atom is 0.274 e. The number of amides is 1. The fourth-order valence-electron chi connectivity index (χ4n) is 3.23. The van der Waals surface area contributed by atoms with E-state index in [0.29, 0.717) is 12.2 Å². The molecule has 1 heterocycles. The molecule has 0 saturated heterocycles. The summed E-state index contributed by atoms with van der Waals surface area (Å²) in [6.07, 6.45) is 4.23. The van der Waals surface area contributed by atoms with Gasteiger partial charge in [0.2, 0.25) is 0 Å². The van der Waals surface area contributed by atoms with Crippen molar-refractivity contribution >= 4 is 5.91 Å². The molecule has 128 valence electrons. The highest BCUT2D eigenvalue weighted by atomic mass is 16.2. The second-order valence-corrected chi connectivity index (χ2v) is 6.56. The maximum absolute atomic E-state index is 12.8. The highest BCUT2D eigenvalue weighted by Crippen LogP contribution is 2.27. The molecule has 3 rings (SSSR count). The first-order chi connectivity index (χ1) is 11.6. The van der Waals surface area contributed by atoms with Crippen molar-refractivity contribution in [3.63, 3.8) is 0 Å². The van der Waals surface area contributed by atoms with E-state index in [1.807, 2.05) is 18.8 Å². The summed E-state index contributed by atoms with van der Waals surface area (Å²) in [7, 11) is 3.74. The van der Waals surface area contributed by atoms with Gasteiger partial charge in [-0.1, -0.05) is 17.7 Å². The molecular weight excluding hydrogens is 300 g/mol. The number of hydrogen-bond acceptors (Lipinski definition) is 3. The lowest BCUT2D eigenvalue weighted by molar-refractivity contribution is 0.0789. The summed E-state index contributed by atoms with van der Waals surface area (Å²) < 4.78 is 1.98. The Morgan fingerprint density at radius 1 is 1.25 bits per heavy atom. The molecule has 0 atom stereocenters. The van der Waals surface area contributed by atoms with Crippen LogP contribution in [0.3, 0.4) is 0 Å². The lowest BCUT2D eigenvalue weighted by Crippen LogP contribution is -2.33. The predicted molar refractivity (Wildman–Crippen MR) is 95.8 cm³/mol. The number of carbonyl (C=O) groups excluding carboxylic acids is 1. The van der Waals surface area contributed by atoms with Crippen LogP contribution in [0.5, 0.6) is 0 Å². The molecule has 1 N–H and O–H groups in total. The minimum Gasteiger partial charge on any atom is -0.339 e. The Morgan fingerprint density at radius 2 is 1.96 bits per heavy atom. The molecule has 5 heteroatoms. The largest absolute Gasteiger partial charge is 0.339 e. The Bertz CT molecular complexity index is 718. The number of aromatic nitrogens is 2. The summed E-state index contributed by atoms with van der Waals surface area (Å²) in [5.74, 6) is 0.0225. The first-order valence-electron chi connectivity index (χ1n) is 8.69. The molecule has 0 radical (unpaired) electrons. The van der Waals surface area contributed by atoms with Gasteiger partial charge in [-0.15, -0.1) is 0 Å². The van der Waals surface area contributed by atoms with Crippen LogP contribution in [-0.4, -0.2) is 47.8 Å². The Hall–Kier alpha value is -2.14. The summed E-state index contributed by atoms with van der Waals surface area (Å²) in [5.41, 5.74) is 5.24. The number of hydrogen-bond donors (Lipinski definition) is 1. The minimum absolute atomic E-state index is 0.0225. The van der Waals surface area contributed by atoms with Crippen LogP contribution >= 0.6 is 0 Å². The third-order valence-corrected chi connectivity index (χ3v) is 4.71. The third-order valence-electron chi connectivity index (χ3n) is 4.71. The van der Waals surface area contributed by atoms with Gasteiger partial charge in [0.1, 0.15) is 0 Å². The molecule has 1 amide bonds. The Kier molecular flexibility index (Phi) is 5.00. The quantitative estimate of drug-likeness (QED) is 0.917. The number of fused-ring (bicyclic) bond motifs is 1. The highest BCUT2D eigenvalue weighted by molar-refractivity contribution is 5.94. The minimum atomic E-state index is 0.0225. The van der Waals surface area contributed by atoms with Gasteiger partial charge in [-0.05, 0) is 51.8 Å². The van der Waals surface area contributed by atoms with Crippen molar-refractivity contribution in [3.05, 3.63) is 46.8 Å². The summed E-state index contributed by atoms with van der Waals surface area (Å²) in [5, 5.41) is 7.81. The van der Waals surface area contributed by atoms with Crippen LogP contribution in [0.4, 0.5) is 0 Å². The van der Waals surface area contributed by atoms with Crippen molar-refractivity contribution in [3.8, 4) is 5.69 Å². The number of likely N-dealkylation sites (N-methyl/N-ethyl adjacent to an activating group) is 2. The fraction of sp³-hybridized carbons (Fsp3) is 0.474. The van der Waals surface area contributed by atoms with Crippen LogP contribution in [0.1, 0.15) is 40.2 Å². The molecule has 1 aliphatic rings. The average molecular weight is 326 g/mol. The monoisotopic (exact) mass is 326 g/mol. The number of benzene rings is 1.